The van der Waals surface area contributed by atoms with Crippen LogP contribution in [0.1, 0.15) is 21.5 Å². The molecule has 27 heavy (non-hydrogen) atoms. The van der Waals surface area contributed by atoms with Crippen LogP contribution in [-0.2, 0) is 14.3 Å². The SMILES string of the molecule is Cc1ccc(C)c(C(=O)COC(=O)CSCC(=O)Nc2ccccc2F)c1. The van der Waals surface area contributed by atoms with Gasteiger partial charge in [0, 0.05) is 5.56 Å². The van der Waals surface area contributed by atoms with Crippen molar-refractivity contribution in [1.29, 1.82) is 0 Å². The van der Waals surface area contributed by atoms with Gasteiger partial charge in [0.25, 0.3) is 0 Å². The zero-order valence-corrected chi connectivity index (χ0v) is 15.9. The van der Waals surface area contributed by atoms with E-state index in [-0.39, 0.29) is 29.6 Å². The van der Waals surface area contributed by atoms with E-state index in [0.717, 1.165) is 22.9 Å². The molecule has 1 amide bonds. The summed E-state index contributed by atoms with van der Waals surface area (Å²) in [6, 6.07) is 11.3. The molecule has 2 rings (SSSR count). The summed E-state index contributed by atoms with van der Waals surface area (Å²) in [5.74, 6) is -1.92. The molecular weight excluding hydrogens is 369 g/mol. The van der Waals surface area contributed by atoms with Gasteiger partial charge in [0.05, 0.1) is 17.2 Å². The number of benzene rings is 2. The number of carbonyl (C=O) groups is 3. The van der Waals surface area contributed by atoms with Crippen molar-refractivity contribution in [1.82, 2.24) is 0 Å². The fourth-order valence-corrected chi connectivity index (χ4v) is 2.89. The van der Waals surface area contributed by atoms with Crippen molar-refractivity contribution in [3.8, 4) is 0 Å². The third kappa shape index (κ3) is 6.53. The number of para-hydroxylation sites is 1. The van der Waals surface area contributed by atoms with Crippen molar-refractivity contribution in [3.05, 3.63) is 65.0 Å². The lowest BCUT2D eigenvalue weighted by atomic mass is 10.0. The molecule has 0 fully saturated rings. The standard InChI is InChI=1S/C20H20FNO4S/c1-13-7-8-14(2)15(9-13)18(23)10-26-20(25)12-27-11-19(24)22-17-6-4-3-5-16(17)21/h3-9H,10-12H2,1-2H3,(H,22,24). The predicted molar refractivity (Wildman–Crippen MR) is 104 cm³/mol. The van der Waals surface area contributed by atoms with Crippen molar-refractivity contribution in [2.75, 3.05) is 23.4 Å². The Morgan fingerprint density at radius 2 is 1.81 bits per heavy atom. The Kier molecular flexibility index (Phi) is 7.55. The quantitative estimate of drug-likeness (QED) is 0.552. The van der Waals surface area contributed by atoms with Gasteiger partial charge >= 0.3 is 5.97 Å². The van der Waals surface area contributed by atoms with Crippen LogP contribution in [0.15, 0.2) is 42.5 Å². The van der Waals surface area contributed by atoms with Crippen LogP contribution in [-0.4, -0.2) is 35.8 Å². The largest absolute Gasteiger partial charge is 0.457 e. The molecule has 0 aliphatic rings. The van der Waals surface area contributed by atoms with Gasteiger partial charge in [-0.2, -0.15) is 0 Å². The lowest BCUT2D eigenvalue weighted by molar-refractivity contribution is -0.139. The highest BCUT2D eigenvalue weighted by molar-refractivity contribution is 8.00. The van der Waals surface area contributed by atoms with Gasteiger partial charge in [-0.25, -0.2) is 4.39 Å². The highest BCUT2D eigenvalue weighted by atomic mass is 32.2. The topological polar surface area (TPSA) is 72.5 Å². The lowest BCUT2D eigenvalue weighted by Crippen LogP contribution is -2.19. The average Bonchev–Trinajstić information content (AvgIpc) is 2.63. The number of hydrogen-bond donors (Lipinski definition) is 1. The molecule has 2 aromatic carbocycles. The maximum atomic E-state index is 13.4. The molecular formula is C20H20FNO4S. The fraction of sp³-hybridized carbons (Fsp3) is 0.250. The molecule has 0 saturated heterocycles. The molecule has 0 unspecified atom stereocenters. The van der Waals surface area contributed by atoms with Crippen molar-refractivity contribution >= 4 is 35.1 Å². The molecule has 0 bridgehead atoms. The van der Waals surface area contributed by atoms with E-state index in [9.17, 15) is 18.8 Å². The van der Waals surface area contributed by atoms with E-state index in [1.165, 1.54) is 18.2 Å². The first kappa shape index (κ1) is 20.6. The van der Waals surface area contributed by atoms with Gasteiger partial charge in [-0.1, -0.05) is 29.8 Å². The second-order valence-corrected chi connectivity index (χ2v) is 6.91. The summed E-state index contributed by atoms with van der Waals surface area (Å²) in [5.41, 5.74) is 2.39. The number of rotatable bonds is 8. The Morgan fingerprint density at radius 3 is 2.56 bits per heavy atom. The number of ether oxygens (including phenoxy) is 1. The van der Waals surface area contributed by atoms with Crippen LogP contribution >= 0.6 is 11.8 Å². The number of esters is 1. The maximum absolute atomic E-state index is 13.4. The fourth-order valence-electron chi connectivity index (χ4n) is 2.28. The first-order chi connectivity index (χ1) is 12.9. The Balaban J connectivity index is 1.71. The minimum atomic E-state index is -0.586. The first-order valence-electron chi connectivity index (χ1n) is 8.25. The van der Waals surface area contributed by atoms with Crippen LogP contribution < -0.4 is 5.32 Å². The number of amides is 1. The molecule has 142 valence electrons. The van der Waals surface area contributed by atoms with Crippen molar-refractivity contribution < 1.29 is 23.5 Å². The van der Waals surface area contributed by atoms with Crippen LogP contribution in [0.4, 0.5) is 10.1 Å². The van der Waals surface area contributed by atoms with E-state index in [2.05, 4.69) is 5.32 Å². The predicted octanol–water partition coefficient (Wildman–Crippen LogP) is 3.54. The van der Waals surface area contributed by atoms with Crippen molar-refractivity contribution in [3.63, 3.8) is 0 Å². The van der Waals surface area contributed by atoms with Crippen LogP contribution in [0.25, 0.3) is 0 Å². The number of nitrogens with one attached hydrogen (secondary N) is 1. The first-order valence-corrected chi connectivity index (χ1v) is 9.40. The molecule has 1 N–H and O–H groups in total. The van der Waals surface area contributed by atoms with Gasteiger partial charge in [-0.05, 0) is 37.6 Å². The van der Waals surface area contributed by atoms with E-state index in [4.69, 9.17) is 4.74 Å². The van der Waals surface area contributed by atoms with E-state index in [1.807, 2.05) is 26.0 Å². The Hall–Kier alpha value is -2.67. The molecule has 0 heterocycles. The number of anilines is 1. The van der Waals surface area contributed by atoms with Gasteiger partial charge in [-0.3, -0.25) is 14.4 Å². The molecule has 0 atom stereocenters. The highest BCUT2D eigenvalue weighted by Crippen LogP contribution is 2.14. The minimum Gasteiger partial charge on any atom is -0.457 e. The second-order valence-electron chi connectivity index (χ2n) is 5.92. The summed E-state index contributed by atoms with van der Waals surface area (Å²) in [6.07, 6.45) is 0. The average molecular weight is 389 g/mol. The minimum absolute atomic E-state index is 0.0334. The number of ketones is 1. The molecule has 0 radical (unpaired) electrons. The van der Waals surface area contributed by atoms with Crippen LogP contribution in [0, 0.1) is 19.7 Å². The third-order valence-corrected chi connectivity index (χ3v) is 4.56. The Labute approximate surface area is 161 Å². The molecule has 0 aliphatic heterocycles. The number of halogens is 1. The summed E-state index contributed by atoms with van der Waals surface area (Å²) in [4.78, 5) is 35.7. The van der Waals surface area contributed by atoms with Gasteiger partial charge in [0.2, 0.25) is 11.7 Å². The Morgan fingerprint density at radius 1 is 1.07 bits per heavy atom. The van der Waals surface area contributed by atoms with Gasteiger partial charge in [0.1, 0.15) is 5.82 Å². The van der Waals surface area contributed by atoms with E-state index >= 15 is 0 Å². The highest BCUT2D eigenvalue weighted by Gasteiger charge is 2.13. The van der Waals surface area contributed by atoms with Crippen LogP contribution in [0.2, 0.25) is 0 Å². The Bertz CT molecular complexity index is 854. The molecule has 5 nitrogen and oxygen atoms in total. The zero-order valence-electron chi connectivity index (χ0n) is 15.1. The molecule has 0 aromatic heterocycles. The summed E-state index contributed by atoms with van der Waals surface area (Å²) in [7, 11) is 0. The normalized spacial score (nSPS) is 10.3. The smallest absolute Gasteiger partial charge is 0.316 e. The number of thioether (sulfide) groups is 1. The summed E-state index contributed by atoms with van der Waals surface area (Å²) < 4.78 is 18.4. The number of Topliss-reactive ketones (excluding diaryl/α,β-unsaturated/α-hetero) is 1. The monoisotopic (exact) mass is 389 g/mol. The van der Waals surface area contributed by atoms with Crippen molar-refractivity contribution in [2.24, 2.45) is 0 Å². The van der Waals surface area contributed by atoms with Gasteiger partial charge in [0.15, 0.2) is 6.61 Å². The molecule has 0 aliphatic carbocycles. The van der Waals surface area contributed by atoms with E-state index in [1.54, 1.807) is 12.1 Å². The van der Waals surface area contributed by atoms with Crippen molar-refractivity contribution in [2.45, 2.75) is 13.8 Å². The van der Waals surface area contributed by atoms with Crippen LogP contribution in [0.3, 0.4) is 0 Å². The number of hydrogen-bond acceptors (Lipinski definition) is 5. The summed E-state index contributed by atoms with van der Waals surface area (Å²) in [5, 5.41) is 2.43. The van der Waals surface area contributed by atoms with E-state index < -0.39 is 17.7 Å². The maximum Gasteiger partial charge on any atom is 0.316 e. The third-order valence-electron chi connectivity index (χ3n) is 3.66. The van der Waals surface area contributed by atoms with Crippen LogP contribution in [0.5, 0.6) is 0 Å². The van der Waals surface area contributed by atoms with Gasteiger partial charge < -0.3 is 10.1 Å². The molecule has 0 saturated carbocycles. The number of aryl methyl sites for hydroxylation is 2. The van der Waals surface area contributed by atoms with E-state index in [0.29, 0.717) is 5.56 Å². The number of carbonyl (C=O) groups excluding carboxylic acids is 3. The second kappa shape index (κ2) is 9.87. The lowest BCUT2D eigenvalue weighted by Gasteiger charge is -2.08. The van der Waals surface area contributed by atoms with Gasteiger partial charge in [-0.15, -0.1) is 11.8 Å². The molecule has 7 heteroatoms. The molecule has 2 aromatic rings. The zero-order chi connectivity index (χ0) is 19.8. The molecule has 0 spiro atoms. The summed E-state index contributed by atoms with van der Waals surface area (Å²) in [6.45, 7) is 3.36. The summed E-state index contributed by atoms with van der Waals surface area (Å²) >= 11 is 1.03.